The Morgan fingerprint density at radius 3 is 2.60 bits per heavy atom. The molecule has 0 fully saturated rings. The highest BCUT2D eigenvalue weighted by Gasteiger charge is 2.15. The van der Waals surface area contributed by atoms with Crippen molar-refractivity contribution in [1.29, 1.82) is 0 Å². The van der Waals surface area contributed by atoms with Crippen molar-refractivity contribution in [1.82, 2.24) is 0 Å². The smallest absolute Gasteiger partial charge is 0.337 e. The molecular formula is C13H9Cl2NO3S. The maximum Gasteiger partial charge on any atom is 0.337 e. The molecule has 7 heteroatoms. The molecule has 2 rings (SSSR count). The minimum Gasteiger partial charge on any atom is -0.465 e. The average molecular weight is 330 g/mol. The van der Waals surface area contributed by atoms with E-state index < -0.39 is 5.97 Å². The minimum atomic E-state index is -0.474. The lowest BCUT2D eigenvalue weighted by Crippen LogP contribution is -2.12. The number of hydrogen-bond acceptors (Lipinski definition) is 4. The van der Waals surface area contributed by atoms with Crippen molar-refractivity contribution < 1.29 is 14.3 Å². The topological polar surface area (TPSA) is 55.4 Å². The van der Waals surface area contributed by atoms with Crippen LogP contribution in [0.2, 0.25) is 8.67 Å². The van der Waals surface area contributed by atoms with E-state index in [0.717, 1.165) is 11.3 Å². The van der Waals surface area contributed by atoms with Crippen LogP contribution in [-0.4, -0.2) is 19.0 Å². The number of benzene rings is 1. The standard InChI is InChI=1S/C13H9Cl2NO3S/c1-19-13(18)7-3-2-4-8(5-7)16-12(17)9-6-10(14)20-11(9)15/h2-6H,1H3,(H,16,17). The highest BCUT2D eigenvalue weighted by molar-refractivity contribution is 7.20. The van der Waals surface area contributed by atoms with Crippen LogP contribution in [0.25, 0.3) is 0 Å². The van der Waals surface area contributed by atoms with Crippen LogP contribution in [0.3, 0.4) is 0 Å². The fourth-order valence-corrected chi connectivity index (χ4v) is 2.99. The zero-order valence-corrected chi connectivity index (χ0v) is 12.6. The van der Waals surface area contributed by atoms with Gasteiger partial charge in [-0.1, -0.05) is 29.3 Å². The van der Waals surface area contributed by atoms with Crippen LogP contribution >= 0.6 is 34.5 Å². The third-order valence-corrected chi connectivity index (χ3v) is 3.93. The average Bonchev–Trinajstić information content (AvgIpc) is 2.77. The highest BCUT2D eigenvalue weighted by Crippen LogP contribution is 2.31. The molecule has 4 nitrogen and oxygen atoms in total. The van der Waals surface area contributed by atoms with Gasteiger partial charge in [0, 0.05) is 5.69 Å². The molecule has 0 atom stereocenters. The summed E-state index contributed by atoms with van der Waals surface area (Å²) in [6.07, 6.45) is 0. The van der Waals surface area contributed by atoms with Crippen LogP contribution in [0.15, 0.2) is 30.3 Å². The van der Waals surface area contributed by atoms with Crippen LogP contribution in [0.4, 0.5) is 5.69 Å². The Kier molecular flexibility index (Phi) is 4.65. The van der Waals surface area contributed by atoms with E-state index >= 15 is 0 Å². The lowest BCUT2D eigenvalue weighted by Gasteiger charge is -2.06. The van der Waals surface area contributed by atoms with Gasteiger partial charge in [-0.15, -0.1) is 11.3 Å². The van der Waals surface area contributed by atoms with Crippen LogP contribution in [0, 0.1) is 0 Å². The van der Waals surface area contributed by atoms with Crippen molar-refractivity contribution in [2.45, 2.75) is 0 Å². The van der Waals surface area contributed by atoms with Crippen LogP contribution < -0.4 is 5.32 Å². The third-order valence-electron chi connectivity index (χ3n) is 2.44. The fraction of sp³-hybridized carbons (Fsp3) is 0.0769. The first-order valence-corrected chi connectivity index (χ1v) is 7.03. The molecule has 0 aliphatic carbocycles. The number of thiophene rings is 1. The van der Waals surface area contributed by atoms with Gasteiger partial charge in [0.25, 0.3) is 5.91 Å². The summed E-state index contributed by atoms with van der Waals surface area (Å²) in [5, 5.41) is 2.65. The number of nitrogens with one attached hydrogen (secondary N) is 1. The predicted molar refractivity (Wildman–Crippen MR) is 80.1 cm³/mol. The lowest BCUT2D eigenvalue weighted by molar-refractivity contribution is 0.0600. The van der Waals surface area contributed by atoms with Gasteiger partial charge in [0.05, 0.1) is 22.6 Å². The van der Waals surface area contributed by atoms with Gasteiger partial charge in [-0.3, -0.25) is 4.79 Å². The van der Waals surface area contributed by atoms with Gasteiger partial charge in [-0.2, -0.15) is 0 Å². The van der Waals surface area contributed by atoms with Crippen molar-refractivity contribution in [3.63, 3.8) is 0 Å². The van der Waals surface area contributed by atoms with Crippen LogP contribution in [0.5, 0.6) is 0 Å². The van der Waals surface area contributed by atoms with Crippen molar-refractivity contribution in [2.75, 3.05) is 12.4 Å². The Hall–Kier alpha value is -1.56. The molecule has 0 unspecified atom stereocenters. The van der Waals surface area contributed by atoms with Crippen molar-refractivity contribution in [3.8, 4) is 0 Å². The molecule has 1 heterocycles. The van der Waals surface area contributed by atoms with E-state index in [1.165, 1.54) is 19.2 Å². The number of anilines is 1. The second kappa shape index (κ2) is 6.26. The fourth-order valence-electron chi connectivity index (χ4n) is 1.54. The van der Waals surface area contributed by atoms with Crippen LogP contribution in [0.1, 0.15) is 20.7 Å². The van der Waals surface area contributed by atoms with Crippen molar-refractivity contribution in [3.05, 3.63) is 50.1 Å². The summed E-state index contributed by atoms with van der Waals surface area (Å²) < 4.78 is 5.36. The van der Waals surface area contributed by atoms with Gasteiger partial charge < -0.3 is 10.1 Å². The molecular weight excluding hydrogens is 321 g/mol. The normalized spacial score (nSPS) is 10.2. The summed E-state index contributed by atoms with van der Waals surface area (Å²) in [5.74, 6) is -0.863. The Labute approximate surface area is 129 Å². The quantitative estimate of drug-likeness (QED) is 0.862. The number of carbonyl (C=O) groups excluding carboxylic acids is 2. The van der Waals surface area contributed by atoms with Gasteiger partial charge in [-0.25, -0.2) is 4.79 Å². The number of amides is 1. The first-order valence-electron chi connectivity index (χ1n) is 5.46. The molecule has 0 saturated heterocycles. The van der Waals surface area contributed by atoms with E-state index in [1.807, 2.05) is 0 Å². The van der Waals surface area contributed by atoms with E-state index in [0.29, 0.717) is 25.5 Å². The first-order chi connectivity index (χ1) is 9.51. The summed E-state index contributed by atoms with van der Waals surface area (Å²) in [4.78, 5) is 23.4. The van der Waals surface area contributed by atoms with Gasteiger partial charge >= 0.3 is 5.97 Å². The van der Waals surface area contributed by atoms with Gasteiger partial charge in [0.15, 0.2) is 0 Å². The minimum absolute atomic E-state index is 0.296. The molecule has 104 valence electrons. The van der Waals surface area contributed by atoms with Gasteiger partial charge in [0.2, 0.25) is 0 Å². The molecule has 1 N–H and O–H groups in total. The molecule has 0 bridgehead atoms. The summed E-state index contributed by atoms with van der Waals surface area (Å²) in [7, 11) is 1.29. The number of halogens is 2. The molecule has 1 amide bonds. The van der Waals surface area contributed by atoms with Crippen molar-refractivity contribution in [2.24, 2.45) is 0 Å². The number of esters is 1. The lowest BCUT2D eigenvalue weighted by atomic mass is 10.2. The molecule has 1 aromatic carbocycles. The maximum atomic E-state index is 12.0. The number of carbonyl (C=O) groups is 2. The number of methoxy groups -OCH3 is 1. The monoisotopic (exact) mass is 329 g/mol. The maximum absolute atomic E-state index is 12.0. The van der Waals surface area contributed by atoms with E-state index in [2.05, 4.69) is 10.1 Å². The highest BCUT2D eigenvalue weighted by atomic mass is 35.5. The van der Waals surface area contributed by atoms with E-state index in [1.54, 1.807) is 18.2 Å². The molecule has 0 saturated carbocycles. The first kappa shape index (κ1) is 14.8. The zero-order chi connectivity index (χ0) is 14.7. The summed E-state index contributed by atoms with van der Waals surface area (Å²) >= 11 is 12.8. The Balaban J connectivity index is 2.20. The van der Waals surface area contributed by atoms with Crippen molar-refractivity contribution >= 4 is 52.1 Å². The SMILES string of the molecule is COC(=O)c1cccc(NC(=O)c2cc(Cl)sc2Cl)c1. The molecule has 0 aliphatic heterocycles. The summed E-state index contributed by atoms with van der Waals surface area (Å²) in [6, 6.07) is 7.91. The Morgan fingerprint density at radius 1 is 1.25 bits per heavy atom. The second-order valence-corrected chi connectivity index (χ2v) is 6.05. The molecule has 2 aromatic rings. The number of ether oxygens (including phenoxy) is 1. The van der Waals surface area contributed by atoms with Gasteiger partial charge in [-0.05, 0) is 24.3 Å². The van der Waals surface area contributed by atoms with E-state index in [9.17, 15) is 9.59 Å². The Morgan fingerprint density at radius 2 is 2.00 bits per heavy atom. The van der Waals surface area contributed by atoms with E-state index in [4.69, 9.17) is 23.2 Å². The zero-order valence-electron chi connectivity index (χ0n) is 10.3. The number of rotatable bonds is 3. The third kappa shape index (κ3) is 3.30. The predicted octanol–water partition coefficient (Wildman–Crippen LogP) is 4.09. The molecule has 0 aliphatic rings. The molecule has 0 spiro atoms. The Bertz CT molecular complexity index is 669. The van der Waals surface area contributed by atoms with Gasteiger partial charge in [0.1, 0.15) is 4.34 Å². The molecule has 1 aromatic heterocycles. The molecule has 0 radical (unpaired) electrons. The largest absolute Gasteiger partial charge is 0.465 e. The molecule has 20 heavy (non-hydrogen) atoms. The van der Waals surface area contributed by atoms with Crippen LogP contribution in [-0.2, 0) is 4.74 Å². The van der Waals surface area contributed by atoms with E-state index in [-0.39, 0.29) is 5.91 Å². The summed E-state index contributed by atoms with van der Waals surface area (Å²) in [5.41, 5.74) is 1.11. The number of hydrogen-bond donors (Lipinski definition) is 1. The summed E-state index contributed by atoms with van der Waals surface area (Å²) in [6.45, 7) is 0. The second-order valence-electron chi connectivity index (χ2n) is 3.76.